The van der Waals surface area contributed by atoms with Crippen LogP contribution < -0.4 is 0 Å². The molecule has 0 aliphatic heterocycles. The van der Waals surface area contributed by atoms with Gasteiger partial charge in [0.15, 0.2) is 12.1 Å². The second kappa shape index (κ2) is 36.8. The van der Waals surface area contributed by atoms with Crippen LogP contribution in [0.1, 0.15) is 194 Å². The van der Waals surface area contributed by atoms with Gasteiger partial charge in [-0.1, -0.05) is 134 Å². The number of likely N-dealkylation sites (N-methyl/N-ethyl adjacent to an activating group) is 1. The summed E-state index contributed by atoms with van der Waals surface area (Å²) in [6.07, 6.45) is 39.3. The van der Waals surface area contributed by atoms with E-state index >= 15 is 0 Å². The van der Waals surface area contributed by atoms with Crippen molar-refractivity contribution in [3.63, 3.8) is 0 Å². The molecule has 0 aliphatic rings. The summed E-state index contributed by atoms with van der Waals surface area (Å²) in [6, 6.07) is -0.615. The van der Waals surface area contributed by atoms with Crippen molar-refractivity contribution >= 4 is 17.9 Å². The van der Waals surface area contributed by atoms with Crippen LogP contribution in [0.5, 0.6) is 0 Å². The number of ether oxygens (including phenoxy) is 3. The SMILES string of the molecule is CCCCCCCC/C=C/CCCCCC(=O)OC(COCCC(C(=O)O)[N+](C)(C)C)COC(=O)CCCCCCC/C=C/CCCCCCCCC. The second-order valence-electron chi connectivity index (χ2n) is 15.9. The fraction of sp³-hybridized carbons (Fsp3) is 0.844. The van der Waals surface area contributed by atoms with Gasteiger partial charge in [0, 0.05) is 19.3 Å². The first-order chi connectivity index (χ1) is 25.6. The second-order valence-corrected chi connectivity index (χ2v) is 15.9. The van der Waals surface area contributed by atoms with Crippen LogP contribution in [0.15, 0.2) is 24.3 Å². The largest absolute Gasteiger partial charge is 0.477 e. The van der Waals surface area contributed by atoms with E-state index in [9.17, 15) is 19.5 Å². The molecule has 310 valence electrons. The van der Waals surface area contributed by atoms with Gasteiger partial charge in [-0.15, -0.1) is 0 Å². The molecule has 0 fully saturated rings. The molecule has 0 bridgehead atoms. The van der Waals surface area contributed by atoms with Crippen LogP contribution in [-0.2, 0) is 28.6 Å². The maximum absolute atomic E-state index is 12.7. The van der Waals surface area contributed by atoms with E-state index in [1.54, 1.807) is 0 Å². The maximum Gasteiger partial charge on any atom is 0.362 e. The molecule has 0 rings (SSSR count). The van der Waals surface area contributed by atoms with Crippen LogP contribution >= 0.6 is 0 Å². The molecule has 0 heterocycles. The highest BCUT2D eigenvalue weighted by atomic mass is 16.6. The smallest absolute Gasteiger partial charge is 0.362 e. The number of hydrogen-bond acceptors (Lipinski definition) is 6. The molecule has 2 atom stereocenters. The van der Waals surface area contributed by atoms with Gasteiger partial charge in [0.1, 0.15) is 6.61 Å². The first kappa shape index (κ1) is 50.8. The Hall–Kier alpha value is -2.19. The molecule has 8 heteroatoms. The molecule has 0 saturated carbocycles. The molecule has 53 heavy (non-hydrogen) atoms. The summed E-state index contributed by atoms with van der Waals surface area (Å²) in [7, 11) is 5.52. The van der Waals surface area contributed by atoms with E-state index in [1.807, 2.05) is 21.1 Å². The van der Waals surface area contributed by atoms with E-state index in [0.29, 0.717) is 19.3 Å². The molecular formula is C45H84NO7+. The minimum absolute atomic E-state index is 0.0550. The highest BCUT2D eigenvalue weighted by molar-refractivity contribution is 5.72. The third-order valence-corrected chi connectivity index (χ3v) is 9.82. The summed E-state index contributed by atoms with van der Waals surface area (Å²) >= 11 is 0. The molecule has 0 aromatic rings. The summed E-state index contributed by atoms with van der Waals surface area (Å²) in [5, 5.41) is 9.61. The van der Waals surface area contributed by atoms with Crippen molar-refractivity contribution in [3.8, 4) is 0 Å². The van der Waals surface area contributed by atoms with E-state index in [2.05, 4.69) is 38.2 Å². The summed E-state index contributed by atoms with van der Waals surface area (Å²) in [4.78, 5) is 36.9. The summed E-state index contributed by atoms with van der Waals surface area (Å²) in [5.41, 5.74) is 0. The lowest BCUT2D eigenvalue weighted by Gasteiger charge is -2.31. The highest BCUT2D eigenvalue weighted by Crippen LogP contribution is 2.13. The van der Waals surface area contributed by atoms with E-state index in [0.717, 1.165) is 57.8 Å². The van der Waals surface area contributed by atoms with Crippen molar-refractivity contribution in [1.82, 2.24) is 0 Å². The number of carbonyl (C=O) groups is 3. The Balaban J connectivity index is 4.37. The molecule has 0 spiro atoms. The Kier molecular flexibility index (Phi) is 35.2. The number of esters is 2. The monoisotopic (exact) mass is 751 g/mol. The molecule has 0 aromatic carbocycles. The highest BCUT2D eigenvalue weighted by Gasteiger charge is 2.31. The molecule has 8 nitrogen and oxygen atoms in total. The number of hydrogen-bond donors (Lipinski definition) is 1. The van der Waals surface area contributed by atoms with Crippen molar-refractivity contribution in [2.24, 2.45) is 0 Å². The number of unbranched alkanes of at least 4 members (excludes halogenated alkanes) is 21. The average molecular weight is 751 g/mol. The van der Waals surface area contributed by atoms with Crippen LogP contribution in [0.2, 0.25) is 0 Å². The van der Waals surface area contributed by atoms with Gasteiger partial charge < -0.3 is 23.8 Å². The number of carboxylic acid groups (broad SMARTS) is 1. The zero-order chi connectivity index (χ0) is 39.3. The number of quaternary nitrogens is 1. The minimum Gasteiger partial charge on any atom is -0.477 e. The Bertz CT molecular complexity index is 926. The van der Waals surface area contributed by atoms with Gasteiger partial charge in [-0.25, -0.2) is 4.79 Å². The fourth-order valence-electron chi connectivity index (χ4n) is 6.37. The molecule has 0 radical (unpaired) electrons. The van der Waals surface area contributed by atoms with Gasteiger partial charge in [-0.05, 0) is 64.2 Å². The van der Waals surface area contributed by atoms with Gasteiger partial charge in [0.05, 0.1) is 34.4 Å². The molecule has 0 aromatic heterocycles. The van der Waals surface area contributed by atoms with Gasteiger partial charge in [-0.3, -0.25) is 9.59 Å². The molecule has 0 aliphatic carbocycles. The van der Waals surface area contributed by atoms with E-state index in [4.69, 9.17) is 14.2 Å². The minimum atomic E-state index is -0.878. The van der Waals surface area contributed by atoms with Crippen molar-refractivity contribution < 1.29 is 38.2 Å². The molecule has 1 N–H and O–H groups in total. The van der Waals surface area contributed by atoms with Crippen molar-refractivity contribution in [2.75, 3.05) is 41.0 Å². The van der Waals surface area contributed by atoms with Crippen molar-refractivity contribution in [1.29, 1.82) is 0 Å². The topological polar surface area (TPSA) is 99.1 Å². The lowest BCUT2D eigenvalue weighted by Crippen LogP contribution is -2.50. The first-order valence-electron chi connectivity index (χ1n) is 21.9. The van der Waals surface area contributed by atoms with E-state index in [1.165, 1.54) is 103 Å². The zero-order valence-electron chi connectivity index (χ0n) is 35.2. The van der Waals surface area contributed by atoms with Gasteiger partial charge in [0.2, 0.25) is 0 Å². The number of allylic oxidation sites excluding steroid dienone is 4. The summed E-state index contributed by atoms with van der Waals surface area (Å²) in [6.45, 7) is 4.71. The Morgan fingerprint density at radius 2 is 0.943 bits per heavy atom. The Morgan fingerprint density at radius 3 is 1.38 bits per heavy atom. The van der Waals surface area contributed by atoms with Crippen LogP contribution in [-0.4, -0.2) is 80.6 Å². The van der Waals surface area contributed by atoms with Gasteiger partial charge >= 0.3 is 17.9 Å². The summed E-state index contributed by atoms with van der Waals surface area (Å²) in [5.74, 6) is -1.49. The average Bonchev–Trinajstić information content (AvgIpc) is 3.11. The molecule has 0 saturated heterocycles. The lowest BCUT2D eigenvalue weighted by molar-refractivity contribution is -0.887. The molecule has 2 unspecified atom stereocenters. The first-order valence-corrected chi connectivity index (χ1v) is 21.9. The van der Waals surface area contributed by atoms with Crippen LogP contribution in [0.4, 0.5) is 0 Å². The van der Waals surface area contributed by atoms with E-state index in [-0.39, 0.29) is 36.2 Å². The van der Waals surface area contributed by atoms with Crippen molar-refractivity contribution in [2.45, 2.75) is 206 Å². The predicted molar refractivity (Wildman–Crippen MR) is 220 cm³/mol. The predicted octanol–water partition coefficient (Wildman–Crippen LogP) is 11.7. The van der Waals surface area contributed by atoms with E-state index < -0.39 is 18.1 Å². The molecule has 0 amide bonds. The standard InChI is InChI=1S/C45H83NO7/c1-6-8-10-12-14-16-18-20-21-22-24-25-27-29-31-33-35-43(47)52-40-41(39-51-38-37-42(45(49)50)46(3,4)5)53-44(48)36-34-32-30-28-26-23-19-17-15-13-11-9-7-2/h21-23,26,41-42H,6-20,24-25,27-40H2,1-5H3/p+1/b22-21+,26-23+. The van der Waals surface area contributed by atoms with Crippen LogP contribution in [0.3, 0.4) is 0 Å². The summed E-state index contributed by atoms with van der Waals surface area (Å²) < 4.78 is 17.2. The number of nitrogens with zero attached hydrogens (tertiary/aromatic N) is 1. The number of rotatable bonds is 39. The maximum atomic E-state index is 12.7. The lowest BCUT2D eigenvalue weighted by atomic mass is 10.1. The van der Waals surface area contributed by atoms with Crippen molar-refractivity contribution in [3.05, 3.63) is 24.3 Å². The third-order valence-electron chi connectivity index (χ3n) is 9.82. The Morgan fingerprint density at radius 1 is 0.547 bits per heavy atom. The zero-order valence-corrected chi connectivity index (χ0v) is 35.2. The third kappa shape index (κ3) is 35.3. The number of carboxylic acids is 1. The number of aliphatic carboxylic acids is 1. The van der Waals surface area contributed by atoms with Crippen LogP contribution in [0.25, 0.3) is 0 Å². The van der Waals surface area contributed by atoms with Gasteiger partial charge in [0.25, 0.3) is 0 Å². The van der Waals surface area contributed by atoms with Gasteiger partial charge in [-0.2, -0.15) is 0 Å². The fourth-order valence-corrected chi connectivity index (χ4v) is 6.37. The van der Waals surface area contributed by atoms with Crippen LogP contribution in [0, 0.1) is 0 Å². The quantitative estimate of drug-likeness (QED) is 0.0289. The number of carbonyl (C=O) groups excluding carboxylic acids is 2. The Labute approximate surface area is 326 Å². The normalized spacial score (nSPS) is 13.2. The molecular weight excluding hydrogens is 666 g/mol.